The van der Waals surface area contributed by atoms with E-state index >= 15 is 0 Å². The van der Waals surface area contributed by atoms with E-state index in [0.717, 1.165) is 11.0 Å². The average molecular weight is 228 g/mol. The van der Waals surface area contributed by atoms with E-state index in [4.69, 9.17) is 5.73 Å². The van der Waals surface area contributed by atoms with Crippen LogP contribution in [0.5, 0.6) is 0 Å². The number of carbonyl (C=O) groups excluding carboxylic acids is 1. The number of nitrogen functional groups attached to an aromatic ring is 1. The molecule has 3 N–H and O–H groups in total. The van der Waals surface area contributed by atoms with Gasteiger partial charge in [-0.25, -0.2) is 8.78 Å². The van der Waals surface area contributed by atoms with Crippen molar-refractivity contribution in [2.75, 3.05) is 17.2 Å². The number of benzene rings is 1. The Morgan fingerprint density at radius 1 is 1.44 bits per heavy atom. The summed E-state index contributed by atoms with van der Waals surface area (Å²) in [5.74, 6) is -2.13. The third-order valence-electron chi connectivity index (χ3n) is 2.43. The summed E-state index contributed by atoms with van der Waals surface area (Å²) in [6.07, 6.45) is -0.910. The standard InChI is InChI=1S/C10H10F2N2O2/c11-5-1-7(12)10(8(13)2-5)14-4-6(15)3-9(14)16/h1-2,6,15H,3-4,13H2. The molecule has 2 rings (SSSR count). The molecule has 0 saturated carbocycles. The van der Waals surface area contributed by atoms with Gasteiger partial charge in [0.2, 0.25) is 5.91 Å². The number of amides is 1. The van der Waals surface area contributed by atoms with Gasteiger partial charge in [-0.3, -0.25) is 4.79 Å². The quantitative estimate of drug-likeness (QED) is 0.693. The van der Waals surface area contributed by atoms with Crippen molar-refractivity contribution in [2.24, 2.45) is 0 Å². The average Bonchev–Trinajstić information content (AvgIpc) is 2.43. The fourth-order valence-electron chi connectivity index (χ4n) is 1.78. The predicted molar refractivity (Wildman–Crippen MR) is 53.7 cm³/mol. The summed E-state index contributed by atoms with van der Waals surface area (Å²) in [5, 5.41) is 9.27. The molecule has 0 aliphatic carbocycles. The summed E-state index contributed by atoms with van der Waals surface area (Å²) < 4.78 is 26.3. The largest absolute Gasteiger partial charge is 0.397 e. The van der Waals surface area contributed by atoms with Crippen LogP contribution in [0.4, 0.5) is 20.2 Å². The highest BCUT2D eigenvalue weighted by atomic mass is 19.1. The number of hydrogen-bond donors (Lipinski definition) is 2. The molecular weight excluding hydrogens is 218 g/mol. The topological polar surface area (TPSA) is 66.6 Å². The molecule has 1 saturated heterocycles. The molecule has 1 heterocycles. The second kappa shape index (κ2) is 3.71. The molecule has 6 heteroatoms. The van der Waals surface area contributed by atoms with E-state index in [0.29, 0.717) is 6.07 Å². The van der Waals surface area contributed by atoms with Gasteiger partial charge >= 0.3 is 0 Å². The fraction of sp³-hybridized carbons (Fsp3) is 0.300. The predicted octanol–water partition coefficient (Wildman–Crippen LogP) is 0.645. The van der Waals surface area contributed by atoms with Crippen molar-refractivity contribution in [3.8, 4) is 0 Å². The van der Waals surface area contributed by atoms with Crippen LogP contribution < -0.4 is 10.6 Å². The maximum Gasteiger partial charge on any atom is 0.229 e. The molecule has 0 spiro atoms. The zero-order valence-electron chi connectivity index (χ0n) is 8.28. The van der Waals surface area contributed by atoms with Crippen molar-refractivity contribution < 1.29 is 18.7 Å². The number of aliphatic hydroxyl groups excluding tert-OH is 1. The number of anilines is 2. The van der Waals surface area contributed by atoms with Crippen LogP contribution in [-0.2, 0) is 4.79 Å². The normalized spacial score (nSPS) is 20.6. The monoisotopic (exact) mass is 228 g/mol. The van der Waals surface area contributed by atoms with Gasteiger partial charge in [-0.2, -0.15) is 0 Å². The first-order valence-corrected chi connectivity index (χ1v) is 4.72. The molecule has 1 aromatic rings. The lowest BCUT2D eigenvalue weighted by molar-refractivity contribution is -0.117. The third-order valence-corrected chi connectivity index (χ3v) is 2.43. The van der Waals surface area contributed by atoms with E-state index in [1.807, 2.05) is 0 Å². The molecule has 0 aromatic heterocycles. The lowest BCUT2D eigenvalue weighted by Gasteiger charge is -2.18. The Morgan fingerprint density at radius 3 is 2.62 bits per heavy atom. The van der Waals surface area contributed by atoms with Gasteiger partial charge in [0, 0.05) is 6.07 Å². The lowest BCUT2D eigenvalue weighted by atomic mass is 10.2. The first-order chi connectivity index (χ1) is 7.49. The summed E-state index contributed by atoms with van der Waals surface area (Å²) in [7, 11) is 0. The van der Waals surface area contributed by atoms with Crippen molar-refractivity contribution in [1.82, 2.24) is 0 Å². The van der Waals surface area contributed by atoms with Crippen LogP contribution in [0.25, 0.3) is 0 Å². The molecule has 1 amide bonds. The molecule has 0 radical (unpaired) electrons. The van der Waals surface area contributed by atoms with Crippen LogP contribution in [0.15, 0.2) is 12.1 Å². The van der Waals surface area contributed by atoms with Crippen LogP contribution in [0.3, 0.4) is 0 Å². The number of nitrogens with zero attached hydrogens (tertiary/aromatic N) is 1. The Hall–Kier alpha value is -1.69. The van der Waals surface area contributed by atoms with E-state index in [2.05, 4.69) is 0 Å². The van der Waals surface area contributed by atoms with Crippen LogP contribution in [0, 0.1) is 11.6 Å². The van der Waals surface area contributed by atoms with Gasteiger partial charge in [-0.15, -0.1) is 0 Å². The highest BCUT2D eigenvalue weighted by molar-refractivity contribution is 5.98. The number of hydrogen-bond acceptors (Lipinski definition) is 3. The summed E-state index contributed by atoms with van der Waals surface area (Å²) in [5.41, 5.74) is 5.14. The third kappa shape index (κ3) is 1.71. The Kier molecular flexibility index (Phi) is 2.51. The van der Waals surface area contributed by atoms with E-state index in [1.165, 1.54) is 0 Å². The van der Waals surface area contributed by atoms with Crippen molar-refractivity contribution in [3.05, 3.63) is 23.8 Å². The molecule has 1 fully saturated rings. The van der Waals surface area contributed by atoms with Crippen LogP contribution >= 0.6 is 0 Å². The first-order valence-electron chi connectivity index (χ1n) is 4.72. The zero-order valence-corrected chi connectivity index (χ0v) is 8.28. The van der Waals surface area contributed by atoms with Gasteiger partial charge in [0.05, 0.1) is 24.8 Å². The van der Waals surface area contributed by atoms with E-state index in [1.54, 1.807) is 0 Å². The molecule has 16 heavy (non-hydrogen) atoms. The second-order valence-electron chi connectivity index (χ2n) is 3.69. The molecule has 4 nitrogen and oxygen atoms in total. The van der Waals surface area contributed by atoms with Crippen molar-refractivity contribution in [2.45, 2.75) is 12.5 Å². The van der Waals surface area contributed by atoms with Crippen LogP contribution in [0.2, 0.25) is 0 Å². The number of rotatable bonds is 1. The van der Waals surface area contributed by atoms with Crippen LogP contribution in [0.1, 0.15) is 6.42 Å². The van der Waals surface area contributed by atoms with Crippen molar-refractivity contribution in [1.29, 1.82) is 0 Å². The van der Waals surface area contributed by atoms with E-state index < -0.39 is 23.6 Å². The zero-order chi connectivity index (χ0) is 11.9. The lowest BCUT2D eigenvalue weighted by Crippen LogP contribution is -2.27. The number of nitrogens with two attached hydrogens (primary N) is 1. The van der Waals surface area contributed by atoms with Gasteiger partial charge in [-0.1, -0.05) is 0 Å². The highest BCUT2D eigenvalue weighted by Gasteiger charge is 2.32. The summed E-state index contributed by atoms with van der Waals surface area (Å²) in [6.45, 7) is -0.0222. The van der Waals surface area contributed by atoms with Crippen molar-refractivity contribution >= 4 is 17.3 Å². The maximum absolute atomic E-state index is 13.5. The molecule has 1 aliphatic heterocycles. The smallest absolute Gasteiger partial charge is 0.229 e. The van der Waals surface area contributed by atoms with Gasteiger partial charge in [-0.05, 0) is 6.07 Å². The second-order valence-corrected chi connectivity index (χ2v) is 3.69. The molecule has 1 aromatic carbocycles. The maximum atomic E-state index is 13.5. The Morgan fingerprint density at radius 2 is 2.12 bits per heavy atom. The molecule has 0 bridgehead atoms. The van der Waals surface area contributed by atoms with Crippen LogP contribution in [-0.4, -0.2) is 23.7 Å². The summed E-state index contributed by atoms with van der Waals surface area (Å²) >= 11 is 0. The SMILES string of the molecule is Nc1cc(F)cc(F)c1N1CC(O)CC1=O. The minimum atomic E-state index is -0.903. The molecule has 1 atom stereocenters. The van der Waals surface area contributed by atoms with E-state index in [-0.39, 0.29) is 24.3 Å². The summed E-state index contributed by atoms with van der Waals surface area (Å²) in [6, 6.07) is 1.60. The number of β-amino-alcohol motifs (C(OH)–C–C–N with tert-alkyl or cyclic N) is 1. The molecule has 1 aliphatic rings. The first kappa shape index (κ1) is 10.8. The number of halogens is 2. The van der Waals surface area contributed by atoms with Gasteiger partial charge < -0.3 is 15.7 Å². The van der Waals surface area contributed by atoms with Gasteiger partial charge in [0.1, 0.15) is 11.5 Å². The van der Waals surface area contributed by atoms with E-state index in [9.17, 15) is 18.7 Å². The Bertz CT molecular complexity index is 427. The van der Waals surface area contributed by atoms with Crippen molar-refractivity contribution in [3.63, 3.8) is 0 Å². The molecule has 86 valence electrons. The number of carbonyl (C=O) groups is 1. The minimum Gasteiger partial charge on any atom is -0.397 e. The highest BCUT2D eigenvalue weighted by Crippen LogP contribution is 2.31. The molecular formula is C10H10F2N2O2. The van der Waals surface area contributed by atoms with Gasteiger partial charge in [0.15, 0.2) is 5.82 Å². The summed E-state index contributed by atoms with van der Waals surface area (Å²) in [4.78, 5) is 12.5. The Labute approximate surface area is 90.3 Å². The van der Waals surface area contributed by atoms with Gasteiger partial charge in [0.25, 0.3) is 0 Å². The Balaban J connectivity index is 2.44. The minimum absolute atomic E-state index is 0.0222. The fourth-order valence-corrected chi connectivity index (χ4v) is 1.78. The number of aliphatic hydroxyl groups is 1. The molecule has 1 unspecified atom stereocenters.